The molecule has 5 nitrogen and oxygen atoms in total. The number of hydrogen-bond acceptors (Lipinski definition) is 3. The molecule has 3 rings (SSSR count). The lowest BCUT2D eigenvalue weighted by atomic mass is 9.95. The molecule has 11 heteroatoms. The van der Waals surface area contributed by atoms with E-state index in [1.54, 1.807) is 18.2 Å². The largest absolute Gasteiger partial charge is 0.502 e. The molecule has 35 heavy (non-hydrogen) atoms. The van der Waals surface area contributed by atoms with Crippen LogP contribution in [0.3, 0.4) is 0 Å². The van der Waals surface area contributed by atoms with Crippen molar-refractivity contribution in [3.63, 3.8) is 0 Å². The third-order valence-electron chi connectivity index (χ3n) is 5.51. The van der Waals surface area contributed by atoms with Gasteiger partial charge in [-0.2, -0.15) is 13.2 Å². The minimum Gasteiger partial charge on any atom is -0.502 e. The fourth-order valence-corrected chi connectivity index (χ4v) is 3.96. The second-order valence-corrected chi connectivity index (χ2v) is 8.70. The van der Waals surface area contributed by atoms with Crippen molar-refractivity contribution in [2.45, 2.75) is 25.9 Å². The molecule has 1 aromatic heterocycles. The molecular formula is C24H20Cl2F4N2O3. The van der Waals surface area contributed by atoms with Crippen LogP contribution in [0.1, 0.15) is 33.6 Å². The highest BCUT2D eigenvalue weighted by atomic mass is 35.5. The molecule has 0 aliphatic carbocycles. The summed E-state index contributed by atoms with van der Waals surface area (Å²) in [5.74, 6) is -3.02. The molecule has 0 bridgehead atoms. The van der Waals surface area contributed by atoms with Gasteiger partial charge in [0, 0.05) is 24.8 Å². The van der Waals surface area contributed by atoms with E-state index in [1.807, 2.05) is 0 Å². The topological polar surface area (TPSA) is 71.3 Å². The van der Waals surface area contributed by atoms with Crippen molar-refractivity contribution >= 4 is 29.1 Å². The molecular weight excluding hydrogens is 511 g/mol. The zero-order valence-corrected chi connectivity index (χ0v) is 20.1. The highest BCUT2D eigenvalue weighted by Crippen LogP contribution is 2.36. The van der Waals surface area contributed by atoms with Crippen LogP contribution in [0.4, 0.5) is 17.6 Å². The second kappa shape index (κ2) is 10.3. The summed E-state index contributed by atoms with van der Waals surface area (Å²) in [6.07, 6.45) is -3.88. The SMILES string of the molecule is Cc1c(-c2cc(F)cc(C(F)(F)F)c2)c(C(=O)NCCCc2ccc(Cl)c(Cl)c2)c(O)c(=O)n1C. The van der Waals surface area contributed by atoms with Crippen LogP contribution >= 0.6 is 23.2 Å². The van der Waals surface area contributed by atoms with Gasteiger partial charge in [-0.05, 0) is 61.2 Å². The van der Waals surface area contributed by atoms with Gasteiger partial charge in [-0.25, -0.2) is 4.39 Å². The molecule has 0 radical (unpaired) electrons. The summed E-state index contributed by atoms with van der Waals surface area (Å²) < 4.78 is 54.9. The molecule has 0 atom stereocenters. The monoisotopic (exact) mass is 530 g/mol. The molecule has 2 aromatic carbocycles. The van der Waals surface area contributed by atoms with Crippen LogP contribution in [-0.4, -0.2) is 22.1 Å². The molecule has 2 N–H and O–H groups in total. The number of rotatable bonds is 6. The van der Waals surface area contributed by atoms with Crippen LogP contribution in [0.2, 0.25) is 10.0 Å². The van der Waals surface area contributed by atoms with Crippen molar-refractivity contribution in [2.75, 3.05) is 6.54 Å². The highest BCUT2D eigenvalue weighted by molar-refractivity contribution is 6.42. The molecule has 0 saturated heterocycles. The van der Waals surface area contributed by atoms with E-state index < -0.39 is 40.3 Å². The Morgan fingerprint density at radius 1 is 1.11 bits per heavy atom. The van der Waals surface area contributed by atoms with Crippen LogP contribution < -0.4 is 10.9 Å². The molecule has 1 heterocycles. The van der Waals surface area contributed by atoms with Crippen molar-refractivity contribution in [1.82, 2.24) is 9.88 Å². The van der Waals surface area contributed by atoms with Gasteiger partial charge < -0.3 is 15.0 Å². The lowest BCUT2D eigenvalue weighted by Gasteiger charge is -2.18. The Morgan fingerprint density at radius 2 is 1.80 bits per heavy atom. The van der Waals surface area contributed by atoms with Crippen LogP contribution in [0.25, 0.3) is 11.1 Å². The fraction of sp³-hybridized carbons (Fsp3) is 0.250. The standard InChI is InChI=1S/C24H20Cl2F4N2O3/c1-12-19(14-9-15(24(28,29)30)11-16(27)10-14)20(21(33)23(35)32(12)2)22(34)31-7-3-4-13-5-6-17(25)18(26)8-13/h5-6,8-11,33H,3-4,7H2,1-2H3,(H,31,34). The van der Waals surface area contributed by atoms with E-state index in [0.29, 0.717) is 35.0 Å². The summed E-state index contributed by atoms with van der Waals surface area (Å²) in [6, 6.07) is 6.88. The number of benzene rings is 2. The van der Waals surface area contributed by atoms with E-state index in [1.165, 1.54) is 14.0 Å². The van der Waals surface area contributed by atoms with E-state index in [9.17, 15) is 32.3 Å². The van der Waals surface area contributed by atoms with Crippen molar-refractivity contribution in [1.29, 1.82) is 0 Å². The quantitative estimate of drug-likeness (QED) is 0.308. The second-order valence-electron chi connectivity index (χ2n) is 7.88. The summed E-state index contributed by atoms with van der Waals surface area (Å²) >= 11 is 11.9. The lowest BCUT2D eigenvalue weighted by molar-refractivity contribution is -0.137. The molecule has 0 fully saturated rings. The third-order valence-corrected chi connectivity index (χ3v) is 6.25. The third kappa shape index (κ3) is 5.79. The molecule has 0 saturated carbocycles. The number of carbonyl (C=O) groups excluding carboxylic acids is 1. The average molecular weight is 531 g/mol. The zero-order valence-electron chi connectivity index (χ0n) is 18.6. The predicted octanol–water partition coefficient (Wildman–Crippen LogP) is 5.89. The molecule has 0 spiro atoms. The van der Waals surface area contributed by atoms with Gasteiger partial charge in [0.15, 0.2) is 5.75 Å². The van der Waals surface area contributed by atoms with E-state index in [0.717, 1.165) is 16.2 Å². The Hall–Kier alpha value is -3.04. The number of nitrogens with zero attached hydrogens (tertiary/aromatic N) is 1. The Bertz CT molecular complexity index is 1350. The first-order valence-electron chi connectivity index (χ1n) is 10.3. The first kappa shape index (κ1) is 26.6. The summed E-state index contributed by atoms with van der Waals surface area (Å²) in [5, 5.41) is 13.8. The number of aromatic hydroxyl groups is 1. The molecule has 0 aliphatic heterocycles. The molecule has 0 unspecified atom stereocenters. The van der Waals surface area contributed by atoms with Gasteiger partial charge in [-0.1, -0.05) is 29.3 Å². The number of carbonyl (C=O) groups is 1. The normalized spacial score (nSPS) is 11.5. The summed E-state index contributed by atoms with van der Waals surface area (Å²) in [4.78, 5) is 25.4. The van der Waals surface area contributed by atoms with Gasteiger partial charge in [-0.15, -0.1) is 0 Å². The molecule has 186 valence electrons. The van der Waals surface area contributed by atoms with Gasteiger partial charge in [0.2, 0.25) is 0 Å². The molecule has 0 aliphatic rings. The highest BCUT2D eigenvalue weighted by Gasteiger charge is 2.33. The van der Waals surface area contributed by atoms with Crippen molar-refractivity contribution < 1.29 is 27.5 Å². The summed E-state index contributed by atoms with van der Waals surface area (Å²) in [7, 11) is 1.28. The van der Waals surface area contributed by atoms with Crippen molar-refractivity contribution in [2.24, 2.45) is 7.05 Å². The number of nitrogens with one attached hydrogen (secondary N) is 1. The van der Waals surface area contributed by atoms with Crippen LogP contribution in [0, 0.1) is 12.7 Å². The Kier molecular flexibility index (Phi) is 7.81. The fourth-order valence-electron chi connectivity index (χ4n) is 3.64. The van der Waals surface area contributed by atoms with Crippen LogP contribution in [-0.2, 0) is 19.6 Å². The van der Waals surface area contributed by atoms with Crippen LogP contribution in [0.15, 0.2) is 41.2 Å². The van der Waals surface area contributed by atoms with Crippen LogP contribution in [0.5, 0.6) is 5.75 Å². The minimum atomic E-state index is -4.85. The number of halogens is 6. The first-order chi connectivity index (χ1) is 16.3. The van der Waals surface area contributed by atoms with Gasteiger partial charge in [-0.3, -0.25) is 9.59 Å². The minimum absolute atomic E-state index is 0.0764. The Morgan fingerprint density at radius 3 is 2.43 bits per heavy atom. The van der Waals surface area contributed by atoms with E-state index >= 15 is 0 Å². The maximum absolute atomic E-state index is 14.1. The Balaban J connectivity index is 1.95. The summed E-state index contributed by atoms with van der Waals surface area (Å²) in [5.41, 5.74) is -2.27. The zero-order chi connectivity index (χ0) is 26.1. The van der Waals surface area contributed by atoms with E-state index in [4.69, 9.17) is 23.2 Å². The number of aromatic nitrogens is 1. The summed E-state index contributed by atoms with van der Waals surface area (Å²) in [6.45, 7) is 1.50. The first-order valence-corrected chi connectivity index (χ1v) is 11.1. The number of alkyl halides is 3. The molecule has 3 aromatic rings. The number of hydrogen-bond donors (Lipinski definition) is 2. The van der Waals surface area contributed by atoms with Gasteiger partial charge >= 0.3 is 6.18 Å². The maximum Gasteiger partial charge on any atom is 0.416 e. The Labute approximate surface area is 207 Å². The number of amides is 1. The smallest absolute Gasteiger partial charge is 0.416 e. The van der Waals surface area contributed by atoms with Crippen molar-refractivity contribution in [3.05, 3.63) is 85.0 Å². The number of aryl methyl sites for hydroxylation is 1. The van der Waals surface area contributed by atoms with E-state index in [-0.39, 0.29) is 23.4 Å². The average Bonchev–Trinajstić information content (AvgIpc) is 2.78. The van der Waals surface area contributed by atoms with Gasteiger partial charge in [0.1, 0.15) is 5.82 Å². The van der Waals surface area contributed by atoms with Gasteiger partial charge in [0.05, 0.1) is 21.2 Å². The van der Waals surface area contributed by atoms with Gasteiger partial charge in [0.25, 0.3) is 11.5 Å². The van der Waals surface area contributed by atoms with Crippen molar-refractivity contribution in [3.8, 4) is 16.9 Å². The van der Waals surface area contributed by atoms with E-state index in [2.05, 4.69) is 5.32 Å². The lowest BCUT2D eigenvalue weighted by Crippen LogP contribution is -2.30. The predicted molar refractivity (Wildman–Crippen MR) is 126 cm³/mol. The maximum atomic E-state index is 14.1. The molecule has 1 amide bonds. The number of pyridine rings is 1.